The number of Topliss-reactive ketones (excluding diaryl/α,β-unsaturated/α-hetero) is 1. The van der Waals surface area contributed by atoms with Crippen molar-refractivity contribution in [3.8, 4) is 0 Å². The summed E-state index contributed by atoms with van der Waals surface area (Å²) in [7, 11) is 0. The van der Waals surface area contributed by atoms with Gasteiger partial charge in [0.15, 0.2) is 12.4 Å². The van der Waals surface area contributed by atoms with E-state index in [1.54, 1.807) is 0 Å². The van der Waals surface area contributed by atoms with Gasteiger partial charge in [-0.15, -0.1) is 0 Å². The van der Waals surface area contributed by atoms with Gasteiger partial charge in [-0.3, -0.25) is 4.79 Å². The SMILES string of the molecule is O=C(CC(O)O)CC(O)(CC(O)C(=O)O)C(O)CO. The van der Waals surface area contributed by atoms with Crippen molar-refractivity contribution in [2.24, 2.45) is 0 Å². The second kappa shape index (κ2) is 7.48. The first-order chi connectivity index (χ1) is 8.62. The molecule has 0 saturated carbocycles. The van der Waals surface area contributed by atoms with Gasteiger partial charge in [-0.05, 0) is 0 Å². The fourth-order valence-electron chi connectivity index (χ4n) is 1.54. The lowest BCUT2D eigenvalue weighted by Gasteiger charge is -2.32. The number of rotatable bonds is 9. The number of aliphatic carboxylic acids is 1. The van der Waals surface area contributed by atoms with Crippen molar-refractivity contribution >= 4 is 11.8 Å². The maximum absolute atomic E-state index is 11.3. The minimum Gasteiger partial charge on any atom is -0.479 e. The molecular weight excluding hydrogens is 264 g/mol. The van der Waals surface area contributed by atoms with Crippen LogP contribution in [0, 0.1) is 0 Å². The van der Waals surface area contributed by atoms with E-state index in [4.69, 9.17) is 25.5 Å². The van der Waals surface area contributed by atoms with Crippen molar-refractivity contribution in [3.63, 3.8) is 0 Å². The zero-order valence-corrected chi connectivity index (χ0v) is 10.0. The first kappa shape index (κ1) is 17.9. The van der Waals surface area contributed by atoms with Gasteiger partial charge in [0, 0.05) is 12.8 Å². The number of carbonyl (C=O) groups is 2. The Bertz CT molecular complexity index is 316. The van der Waals surface area contributed by atoms with Gasteiger partial charge in [0.25, 0.3) is 0 Å². The van der Waals surface area contributed by atoms with Gasteiger partial charge in [-0.25, -0.2) is 4.79 Å². The van der Waals surface area contributed by atoms with Gasteiger partial charge in [-0.1, -0.05) is 0 Å². The zero-order valence-electron chi connectivity index (χ0n) is 10.0. The summed E-state index contributed by atoms with van der Waals surface area (Å²) in [4.78, 5) is 21.8. The molecule has 0 aromatic carbocycles. The molecule has 7 N–H and O–H groups in total. The van der Waals surface area contributed by atoms with Crippen LogP contribution in [0.3, 0.4) is 0 Å². The summed E-state index contributed by atoms with van der Waals surface area (Å²) in [5.41, 5.74) is -2.38. The maximum atomic E-state index is 11.3. The standard InChI is InChI=1S/C10H18O9/c11-4-7(14)10(19,3-6(13)9(17)18)2-5(12)1-8(15)16/h6-8,11,13-16,19H,1-4H2,(H,17,18). The second-order valence-corrected chi connectivity index (χ2v) is 4.26. The lowest BCUT2D eigenvalue weighted by atomic mass is 9.84. The van der Waals surface area contributed by atoms with Crippen LogP contribution in [0.25, 0.3) is 0 Å². The Morgan fingerprint density at radius 3 is 2.00 bits per heavy atom. The highest BCUT2D eigenvalue weighted by Crippen LogP contribution is 2.24. The van der Waals surface area contributed by atoms with Crippen molar-refractivity contribution < 1.29 is 45.3 Å². The number of aliphatic hydroxyl groups is 6. The van der Waals surface area contributed by atoms with Crippen molar-refractivity contribution in [1.29, 1.82) is 0 Å². The number of aliphatic hydroxyl groups excluding tert-OH is 4. The lowest BCUT2D eigenvalue weighted by molar-refractivity contribution is -0.162. The number of carboxylic acid groups (broad SMARTS) is 1. The zero-order chi connectivity index (χ0) is 15.2. The van der Waals surface area contributed by atoms with Crippen molar-refractivity contribution in [2.45, 2.75) is 43.4 Å². The number of hydrogen-bond acceptors (Lipinski definition) is 8. The topological polar surface area (TPSA) is 176 Å². The van der Waals surface area contributed by atoms with Crippen LogP contribution in [0.2, 0.25) is 0 Å². The third-order valence-electron chi connectivity index (χ3n) is 2.54. The highest BCUT2D eigenvalue weighted by atomic mass is 16.5. The third-order valence-corrected chi connectivity index (χ3v) is 2.54. The van der Waals surface area contributed by atoms with E-state index in [1.165, 1.54) is 0 Å². The van der Waals surface area contributed by atoms with Crippen LogP contribution in [0.1, 0.15) is 19.3 Å². The van der Waals surface area contributed by atoms with Crippen molar-refractivity contribution in [2.75, 3.05) is 6.61 Å². The van der Waals surface area contributed by atoms with E-state index in [0.717, 1.165) is 0 Å². The van der Waals surface area contributed by atoms with Crippen LogP contribution >= 0.6 is 0 Å². The van der Waals surface area contributed by atoms with Crippen molar-refractivity contribution in [1.82, 2.24) is 0 Å². The Morgan fingerprint density at radius 2 is 1.63 bits per heavy atom. The average molecular weight is 282 g/mol. The molecule has 112 valence electrons. The lowest BCUT2D eigenvalue weighted by Crippen LogP contribution is -2.49. The summed E-state index contributed by atoms with van der Waals surface area (Å²) in [6, 6.07) is 0. The van der Waals surface area contributed by atoms with Gasteiger partial charge >= 0.3 is 5.97 Å². The molecule has 0 aliphatic carbocycles. The first-order valence-corrected chi connectivity index (χ1v) is 5.42. The molecule has 0 radical (unpaired) electrons. The predicted octanol–water partition coefficient (Wildman–Crippen LogP) is -3.43. The Kier molecular flexibility index (Phi) is 7.05. The molecule has 3 unspecified atom stereocenters. The van der Waals surface area contributed by atoms with Crippen LogP contribution in [0.4, 0.5) is 0 Å². The van der Waals surface area contributed by atoms with Gasteiger partial charge in [-0.2, -0.15) is 0 Å². The van der Waals surface area contributed by atoms with E-state index in [-0.39, 0.29) is 0 Å². The number of carboxylic acids is 1. The predicted molar refractivity (Wildman–Crippen MR) is 58.8 cm³/mol. The van der Waals surface area contributed by atoms with Crippen LogP contribution in [0.5, 0.6) is 0 Å². The van der Waals surface area contributed by atoms with E-state index in [1.807, 2.05) is 0 Å². The third kappa shape index (κ3) is 6.05. The Balaban J connectivity index is 4.87. The Labute approximate surface area is 108 Å². The molecule has 9 nitrogen and oxygen atoms in total. The molecule has 0 rings (SSSR count). The smallest absolute Gasteiger partial charge is 0.332 e. The van der Waals surface area contributed by atoms with Gasteiger partial charge in [0.2, 0.25) is 0 Å². The van der Waals surface area contributed by atoms with E-state index in [2.05, 4.69) is 0 Å². The second-order valence-electron chi connectivity index (χ2n) is 4.26. The molecule has 9 heteroatoms. The first-order valence-electron chi connectivity index (χ1n) is 5.42. The number of ketones is 1. The largest absolute Gasteiger partial charge is 0.479 e. The molecule has 3 atom stereocenters. The Hall–Kier alpha value is -1.10. The van der Waals surface area contributed by atoms with E-state index in [9.17, 15) is 19.8 Å². The molecule has 0 heterocycles. The molecule has 0 fully saturated rings. The van der Waals surface area contributed by atoms with Gasteiger partial charge in [0.05, 0.1) is 13.0 Å². The monoisotopic (exact) mass is 282 g/mol. The molecule has 0 aliphatic rings. The summed E-state index contributed by atoms with van der Waals surface area (Å²) in [5, 5.41) is 63.0. The summed E-state index contributed by atoms with van der Waals surface area (Å²) >= 11 is 0. The molecule has 0 aromatic heterocycles. The molecular formula is C10H18O9. The van der Waals surface area contributed by atoms with E-state index in [0.29, 0.717) is 0 Å². The summed E-state index contributed by atoms with van der Waals surface area (Å²) in [6.07, 6.45) is -8.32. The van der Waals surface area contributed by atoms with Crippen molar-refractivity contribution in [3.05, 3.63) is 0 Å². The quantitative estimate of drug-likeness (QED) is 0.212. The highest BCUT2D eigenvalue weighted by molar-refractivity contribution is 5.80. The minimum atomic E-state index is -2.38. The normalized spacial score (nSPS) is 17.8. The van der Waals surface area contributed by atoms with Crippen LogP contribution in [-0.2, 0) is 9.59 Å². The minimum absolute atomic E-state index is 0.733. The maximum Gasteiger partial charge on any atom is 0.332 e. The van der Waals surface area contributed by atoms with Crippen LogP contribution < -0.4 is 0 Å². The summed E-state index contributed by atoms with van der Waals surface area (Å²) in [5.74, 6) is -2.54. The summed E-state index contributed by atoms with van der Waals surface area (Å²) in [6.45, 7) is -0.961. The fraction of sp³-hybridized carbons (Fsp3) is 0.800. The molecule has 19 heavy (non-hydrogen) atoms. The van der Waals surface area contributed by atoms with E-state index >= 15 is 0 Å². The van der Waals surface area contributed by atoms with Gasteiger partial charge in [0.1, 0.15) is 17.5 Å². The van der Waals surface area contributed by atoms with Gasteiger partial charge < -0.3 is 35.7 Å². The molecule has 0 aliphatic heterocycles. The number of hydrogen-bond donors (Lipinski definition) is 7. The highest BCUT2D eigenvalue weighted by Gasteiger charge is 2.41. The fourth-order valence-corrected chi connectivity index (χ4v) is 1.54. The summed E-state index contributed by atoms with van der Waals surface area (Å²) < 4.78 is 0. The molecule has 0 aromatic rings. The number of carbonyl (C=O) groups excluding carboxylic acids is 1. The average Bonchev–Trinajstić information content (AvgIpc) is 2.25. The molecule has 0 spiro atoms. The van der Waals surface area contributed by atoms with Crippen LogP contribution in [0.15, 0.2) is 0 Å². The van der Waals surface area contributed by atoms with Crippen LogP contribution in [-0.4, -0.2) is 78.2 Å². The van der Waals surface area contributed by atoms with E-state index < -0.39 is 61.7 Å². The molecule has 0 saturated heterocycles. The Morgan fingerprint density at radius 1 is 1.11 bits per heavy atom. The molecule has 0 bridgehead atoms. The molecule has 0 amide bonds.